The van der Waals surface area contributed by atoms with Gasteiger partial charge in [0.15, 0.2) is 11.5 Å². The fourth-order valence-corrected chi connectivity index (χ4v) is 5.48. The Labute approximate surface area is 186 Å². The number of fused-ring (bicyclic) bond motifs is 2. The zero-order valence-electron chi connectivity index (χ0n) is 19.3. The number of rotatable bonds is 9. The van der Waals surface area contributed by atoms with E-state index in [4.69, 9.17) is 14.5 Å². The lowest BCUT2D eigenvalue weighted by Crippen LogP contribution is -2.33. The van der Waals surface area contributed by atoms with Crippen LogP contribution in [0.15, 0.2) is 12.1 Å². The van der Waals surface area contributed by atoms with Gasteiger partial charge in [-0.2, -0.15) is 0 Å². The number of hydrogen-bond donors (Lipinski definition) is 1. The van der Waals surface area contributed by atoms with Gasteiger partial charge in [0, 0.05) is 35.9 Å². The topological polar surface area (TPSA) is 46.6 Å². The normalized spacial score (nSPS) is 19.9. The van der Waals surface area contributed by atoms with E-state index >= 15 is 0 Å². The van der Waals surface area contributed by atoms with E-state index in [1.165, 1.54) is 73.9 Å². The highest BCUT2D eigenvalue weighted by molar-refractivity contribution is 5.96. The highest BCUT2D eigenvalue weighted by Crippen LogP contribution is 2.43. The van der Waals surface area contributed by atoms with E-state index in [0.717, 1.165) is 49.4 Å². The van der Waals surface area contributed by atoms with Crippen LogP contribution in [-0.2, 0) is 12.8 Å². The second-order valence-electron chi connectivity index (χ2n) is 10.1. The monoisotopic (exact) mass is 423 g/mol. The summed E-state index contributed by atoms with van der Waals surface area (Å²) in [4.78, 5) is 7.57. The second kappa shape index (κ2) is 8.85. The minimum Gasteiger partial charge on any atom is -0.493 e. The van der Waals surface area contributed by atoms with Crippen molar-refractivity contribution >= 4 is 16.6 Å². The third kappa shape index (κ3) is 4.34. The van der Waals surface area contributed by atoms with Crippen LogP contribution >= 0.6 is 0 Å². The molecule has 2 aliphatic carbocycles. The van der Waals surface area contributed by atoms with Gasteiger partial charge in [-0.1, -0.05) is 13.3 Å². The molecule has 0 bridgehead atoms. The number of anilines is 1. The molecule has 168 valence electrons. The fourth-order valence-electron chi connectivity index (χ4n) is 5.48. The Hall–Kier alpha value is -2.01. The number of nitrogens with one attached hydrogen (secondary N) is 1. The van der Waals surface area contributed by atoms with Crippen molar-refractivity contribution in [2.75, 3.05) is 45.2 Å². The lowest BCUT2D eigenvalue weighted by atomic mass is 9.70. The van der Waals surface area contributed by atoms with Gasteiger partial charge in [-0.05, 0) is 81.5 Å². The standard InChI is InChI=1S/C26H37N3O2/c1-26(10-6-11-26)18-27-25-19-8-5-9-21(19)28-22-17-24(23(30-2)16-20(22)25)31-15-7-14-29-12-3-4-13-29/h16-17H,3-15,18H2,1-2H3,(H,27,28). The summed E-state index contributed by atoms with van der Waals surface area (Å²) in [6, 6.07) is 4.24. The van der Waals surface area contributed by atoms with Crippen molar-refractivity contribution in [2.24, 2.45) is 5.41 Å². The summed E-state index contributed by atoms with van der Waals surface area (Å²) in [5.74, 6) is 1.63. The molecule has 5 nitrogen and oxygen atoms in total. The maximum absolute atomic E-state index is 6.18. The first-order valence-corrected chi connectivity index (χ1v) is 12.3. The van der Waals surface area contributed by atoms with Gasteiger partial charge in [-0.3, -0.25) is 4.98 Å². The van der Waals surface area contributed by atoms with E-state index in [1.807, 2.05) is 0 Å². The van der Waals surface area contributed by atoms with E-state index < -0.39 is 0 Å². The zero-order chi connectivity index (χ0) is 21.3. The predicted molar refractivity (Wildman–Crippen MR) is 127 cm³/mol. The summed E-state index contributed by atoms with van der Waals surface area (Å²) in [6.45, 7) is 7.75. The molecular weight excluding hydrogens is 386 g/mol. The van der Waals surface area contributed by atoms with Crippen LogP contribution in [-0.4, -0.2) is 49.8 Å². The van der Waals surface area contributed by atoms with Gasteiger partial charge in [0.25, 0.3) is 0 Å². The minimum atomic E-state index is 0.434. The van der Waals surface area contributed by atoms with E-state index in [1.54, 1.807) is 7.11 Å². The molecule has 1 aliphatic heterocycles. The molecular formula is C26H37N3O2. The smallest absolute Gasteiger partial charge is 0.163 e. The highest BCUT2D eigenvalue weighted by Gasteiger charge is 2.32. The third-order valence-corrected chi connectivity index (χ3v) is 7.62. The summed E-state index contributed by atoms with van der Waals surface area (Å²) in [5, 5.41) is 5.01. The first-order chi connectivity index (χ1) is 15.1. The van der Waals surface area contributed by atoms with Crippen molar-refractivity contribution in [1.82, 2.24) is 9.88 Å². The average Bonchev–Trinajstić information content (AvgIpc) is 3.44. The largest absolute Gasteiger partial charge is 0.493 e. The molecule has 1 saturated carbocycles. The molecule has 1 aromatic carbocycles. The van der Waals surface area contributed by atoms with Crippen LogP contribution in [0.25, 0.3) is 10.9 Å². The number of hydrogen-bond acceptors (Lipinski definition) is 5. The van der Waals surface area contributed by atoms with Crippen LogP contribution < -0.4 is 14.8 Å². The predicted octanol–water partition coefficient (Wildman–Crippen LogP) is 5.20. The summed E-state index contributed by atoms with van der Waals surface area (Å²) in [7, 11) is 1.74. The Morgan fingerprint density at radius 1 is 1.06 bits per heavy atom. The maximum Gasteiger partial charge on any atom is 0.163 e. The summed E-state index contributed by atoms with van der Waals surface area (Å²) in [6.07, 6.45) is 11.1. The van der Waals surface area contributed by atoms with Gasteiger partial charge in [-0.15, -0.1) is 0 Å². The second-order valence-corrected chi connectivity index (χ2v) is 10.1. The van der Waals surface area contributed by atoms with Gasteiger partial charge < -0.3 is 19.7 Å². The molecule has 0 radical (unpaired) electrons. The quantitative estimate of drug-likeness (QED) is 0.562. The van der Waals surface area contributed by atoms with Crippen molar-refractivity contribution in [3.8, 4) is 11.5 Å². The number of nitrogens with zero attached hydrogens (tertiary/aromatic N) is 2. The highest BCUT2D eigenvalue weighted by atomic mass is 16.5. The Kier molecular flexibility index (Phi) is 5.96. The lowest BCUT2D eigenvalue weighted by Gasteiger charge is -2.39. The van der Waals surface area contributed by atoms with Crippen molar-refractivity contribution < 1.29 is 9.47 Å². The Morgan fingerprint density at radius 3 is 2.65 bits per heavy atom. The molecule has 31 heavy (non-hydrogen) atoms. The number of aryl methyl sites for hydroxylation is 1. The van der Waals surface area contributed by atoms with E-state index in [9.17, 15) is 0 Å². The molecule has 2 aromatic rings. The van der Waals surface area contributed by atoms with Crippen LogP contribution in [0.4, 0.5) is 5.69 Å². The SMILES string of the molecule is COc1cc2c(NCC3(C)CCC3)c3c(nc2cc1OCCCN1CCCC1)CCC3. The number of likely N-dealkylation sites (tertiary alicyclic amines) is 1. The van der Waals surface area contributed by atoms with Gasteiger partial charge in [0.1, 0.15) is 0 Å². The van der Waals surface area contributed by atoms with E-state index in [-0.39, 0.29) is 0 Å². The average molecular weight is 424 g/mol. The molecule has 3 aliphatic rings. The van der Waals surface area contributed by atoms with Crippen molar-refractivity contribution in [3.05, 3.63) is 23.4 Å². The minimum absolute atomic E-state index is 0.434. The van der Waals surface area contributed by atoms with Crippen LogP contribution in [0.5, 0.6) is 11.5 Å². The molecule has 2 heterocycles. The fraction of sp³-hybridized carbons (Fsp3) is 0.654. The summed E-state index contributed by atoms with van der Waals surface area (Å²) in [5.41, 5.74) is 5.42. The Bertz CT molecular complexity index is 932. The molecule has 0 atom stereocenters. The zero-order valence-corrected chi connectivity index (χ0v) is 19.3. The van der Waals surface area contributed by atoms with Gasteiger partial charge in [0.05, 0.1) is 19.2 Å². The molecule has 0 spiro atoms. The van der Waals surface area contributed by atoms with Crippen LogP contribution in [0, 0.1) is 5.41 Å². The summed E-state index contributed by atoms with van der Waals surface area (Å²) >= 11 is 0. The Morgan fingerprint density at radius 2 is 1.90 bits per heavy atom. The lowest BCUT2D eigenvalue weighted by molar-refractivity contribution is 0.180. The Balaban J connectivity index is 1.38. The van der Waals surface area contributed by atoms with Crippen molar-refractivity contribution in [3.63, 3.8) is 0 Å². The van der Waals surface area contributed by atoms with Crippen LogP contribution in [0.1, 0.15) is 63.1 Å². The molecule has 1 saturated heterocycles. The molecule has 1 aromatic heterocycles. The molecule has 0 amide bonds. The van der Waals surface area contributed by atoms with Crippen molar-refractivity contribution in [2.45, 2.75) is 64.7 Å². The van der Waals surface area contributed by atoms with E-state index in [0.29, 0.717) is 12.0 Å². The van der Waals surface area contributed by atoms with Crippen LogP contribution in [0.3, 0.4) is 0 Å². The molecule has 5 heteroatoms. The maximum atomic E-state index is 6.18. The number of benzene rings is 1. The summed E-state index contributed by atoms with van der Waals surface area (Å²) < 4.78 is 11.9. The number of methoxy groups -OCH3 is 1. The molecule has 0 unspecified atom stereocenters. The van der Waals surface area contributed by atoms with Crippen molar-refractivity contribution in [1.29, 1.82) is 0 Å². The number of pyridine rings is 1. The van der Waals surface area contributed by atoms with E-state index in [2.05, 4.69) is 29.3 Å². The first-order valence-electron chi connectivity index (χ1n) is 12.3. The molecule has 1 N–H and O–H groups in total. The number of aromatic nitrogens is 1. The van der Waals surface area contributed by atoms with Gasteiger partial charge in [0.2, 0.25) is 0 Å². The number of ether oxygens (including phenoxy) is 2. The third-order valence-electron chi connectivity index (χ3n) is 7.62. The first kappa shape index (κ1) is 20.9. The van der Waals surface area contributed by atoms with Crippen LogP contribution in [0.2, 0.25) is 0 Å². The van der Waals surface area contributed by atoms with Gasteiger partial charge in [-0.25, -0.2) is 0 Å². The molecule has 2 fully saturated rings. The molecule has 5 rings (SSSR count). The van der Waals surface area contributed by atoms with Gasteiger partial charge >= 0.3 is 0 Å².